The van der Waals surface area contributed by atoms with Crippen LogP contribution in [0.15, 0.2) is 10.2 Å². The van der Waals surface area contributed by atoms with Crippen LogP contribution in [0.1, 0.15) is 86.0 Å². The van der Waals surface area contributed by atoms with E-state index in [0.717, 1.165) is 0 Å². The van der Waals surface area contributed by atoms with Gasteiger partial charge in [0.25, 0.3) is 0 Å². The predicted molar refractivity (Wildman–Crippen MR) is 111 cm³/mol. The van der Waals surface area contributed by atoms with Crippen molar-refractivity contribution in [2.75, 3.05) is 19.6 Å². The molecule has 0 atom stereocenters. The van der Waals surface area contributed by atoms with E-state index in [4.69, 9.17) is 0 Å². The summed E-state index contributed by atoms with van der Waals surface area (Å²) in [5.74, 6) is 0. The molecule has 0 bridgehead atoms. The molecule has 23 heavy (non-hydrogen) atoms. The molecule has 0 aliphatic carbocycles. The standard InChI is InChI=1S/C9H18N.3C4H9.Sn/c1-4-7-8-9-10(5-2)6-3;3*1-3-4-2;/h1,4H,5-9H2,2-3H3;3*1,3-4H2,2H3;. The van der Waals surface area contributed by atoms with Crippen molar-refractivity contribution in [2.24, 2.45) is 0 Å². The summed E-state index contributed by atoms with van der Waals surface area (Å²) < 4.78 is 7.67. The Morgan fingerprint density at radius 3 is 1.57 bits per heavy atom. The zero-order valence-corrected chi connectivity index (χ0v) is 19.9. The second-order valence-electron chi connectivity index (χ2n) is 7.24. The monoisotopic (exact) mass is 431 g/mol. The summed E-state index contributed by atoms with van der Waals surface area (Å²) in [6.45, 7) is 15.3. The Bertz CT molecular complexity index is 249. The number of rotatable bonds is 16. The van der Waals surface area contributed by atoms with E-state index in [0.29, 0.717) is 0 Å². The molecular weight excluding hydrogens is 385 g/mol. The van der Waals surface area contributed by atoms with Gasteiger partial charge in [0.05, 0.1) is 0 Å². The van der Waals surface area contributed by atoms with Gasteiger partial charge in [-0.1, -0.05) is 0 Å². The van der Waals surface area contributed by atoms with Crippen LogP contribution in [0.4, 0.5) is 0 Å². The molecule has 0 rings (SSSR count). The van der Waals surface area contributed by atoms with E-state index in [1.165, 1.54) is 71.0 Å². The van der Waals surface area contributed by atoms with Crippen molar-refractivity contribution in [1.82, 2.24) is 4.90 Å². The molecule has 0 fully saturated rings. The molecule has 0 unspecified atom stereocenters. The van der Waals surface area contributed by atoms with E-state index < -0.39 is 18.4 Å². The number of allylic oxidation sites excluding steroid dienone is 1. The van der Waals surface area contributed by atoms with E-state index >= 15 is 0 Å². The first kappa shape index (κ1) is 23.5. The molecule has 138 valence electrons. The van der Waals surface area contributed by atoms with Crippen LogP contribution in [0.3, 0.4) is 0 Å². The average Bonchev–Trinajstić information content (AvgIpc) is 2.59. The summed E-state index contributed by atoms with van der Waals surface area (Å²) in [6, 6.07) is 0. The molecule has 0 aromatic heterocycles. The van der Waals surface area contributed by atoms with Gasteiger partial charge in [0.15, 0.2) is 0 Å². The molecule has 0 aliphatic heterocycles. The molecule has 2 heteroatoms. The summed E-state index contributed by atoms with van der Waals surface area (Å²) in [5, 5.41) is 0. The van der Waals surface area contributed by atoms with Gasteiger partial charge in [-0.25, -0.2) is 0 Å². The number of nitrogens with zero attached hydrogens (tertiary/aromatic N) is 1. The molecule has 0 saturated heterocycles. The zero-order valence-electron chi connectivity index (χ0n) is 17.0. The van der Waals surface area contributed by atoms with Gasteiger partial charge in [0.1, 0.15) is 0 Å². The summed E-state index contributed by atoms with van der Waals surface area (Å²) in [6.07, 6.45) is 13.8. The van der Waals surface area contributed by atoms with Crippen molar-refractivity contribution in [3.63, 3.8) is 0 Å². The fourth-order valence-electron chi connectivity index (χ4n) is 3.52. The maximum atomic E-state index is 2.85. The van der Waals surface area contributed by atoms with Gasteiger partial charge in [-0.05, 0) is 0 Å². The zero-order chi connectivity index (χ0) is 17.4. The van der Waals surface area contributed by atoms with Crippen molar-refractivity contribution in [3.8, 4) is 0 Å². The van der Waals surface area contributed by atoms with Crippen molar-refractivity contribution in [3.05, 3.63) is 10.2 Å². The van der Waals surface area contributed by atoms with E-state index in [9.17, 15) is 0 Å². The fraction of sp³-hybridized carbons (Fsp3) is 0.905. The van der Waals surface area contributed by atoms with Crippen LogP contribution in [-0.2, 0) is 0 Å². The molecule has 0 spiro atoms. The second-order valence-corrected chi connectivity index (χ2v) is 20.3. The van der Waals surface area contributed by atoms with Crippen LogP contribution < -0.4 is 0 Å². The third-order valence-electron chi connectivity index (χ3n) is 5.30. The van der Waals surface area contributed by atoms with Crippen LogP contribution >= 0.6 is 0 Å². The molecule has 0 radical (unpaired) electrons. The van der Waals surface area contributed by atoms with E-state index in [1.54, 1.807) is 13.3 Å². The van der Waals surface area contributed by atoms with Crippen LogP contribution in [0.2, 0.25) is 13.3 Å². The molecule has 0 aromatic rings. The Labute approximate surface area is 152 Å². The predicted octanol–water partition coefficient (Wildman–Crippen LogP) is 7.05. The van der Waals surface area contributed by atoms with Crippen molar-refractivity contribution in [1.29, 1.82) is 0 Å². The topological polar surface area (TPSA) is 3.24 Å². The van der Waals surface area contributed by atoms with Crippen LogP contribution in [-0.4, -0.2) is 42.9 Å². The molecule has 0 aromatic carbocycles. The SMILES string of the molecule is CCC[CH2][Sn]([CH]=CCCCN(CC)CC)([CH2]CCC)[CH2]CCC. The molecular formula is C21H45NSn. The van der Waals surface area contributed by atoms with Gasteiger partial charge >= 0.3 is 152 Å². The van der Waals surface area contributed by atoms with Crippen molar-refractivity contribution in [2.45, 2.75) is 99.3 Å². The Morgan fingerprint density at radius 2 is 1.17 bits per heavy atom. The van der Waals surface area contributed by atoms with E-state index in [1.807, 2.05) is 0 Å². The van der Waals surface area contributed by atoms with Crippen LogP contribution in [0.25, 0.3) is 0 Å². The van der Waals surface area contributed by atoms with Crippen LogP contribution in [0, 0.1) is 0 Å². The first-order chi connectivity index (χ1) is 11.2. The summed E-state index contributed by atoms with van der Waals surface area (Å²) in [4.78, 5) is 2.55. The minimum atomic E-state index is -1.99. The molecule has 0 N–H and O–H groups in total. The van der Waals surface area contributed by atoms with E-state index in [-0.39, 0.29) is 0 Å². The number of hydrogen-bond donors (Lipinski definition) is 0. The van der Waals surface area contributed by atoms with Crippen molar-refractivity contribution < 1.29 is 0 Å². The first-order valence-electron chi connectivity index (χ1n) is 10.6. The number of hydrogen-bond acceptors (Lipinski definition) is 1. The molecule has 0 amide bonds. The third-order valence-corrected chi connectivity index (χ3v) is 19.5. The van der Waals surface area contributed by atoms with Gasteiger partial charge in [0.2, 0.25) is 0 Å². The Kier molecular flexibility index (Phi) is 16.3. The summed E-state index contributed by atoms with van der Waals surface area (Å²) >= 11 is -1.99. The first-order valence-corrected chi connectivity index (χ1v) is 18.3. The Morgan fingerprint density at radius 1 is 0.696 bits per heavy atom. The van der Waals surface area contributed by atoms with E-state index in [2.05, 4.69) is 49.7 Å². The fourth-order valence-corrected chi connectivity index (χ4v) is 18.0. The Balaban J connectivity index is 4.57. The maximum absolute atomic E-state index is 2.85. The van der Waals surface area contributed by atoms with Gasteiger partial charge in [0, 0.05) is 0 Å². The quantitative estimate of drug-likeness (QED) is 0.187. The third kappa shape index (κ3) is 11.6. The Hall–Kier alpha value is 0.499. The molecule has 1 nitrogen and oxygen atoms in total. The normalized spacial score (nSPS) is 12.6. The van der Waals surface area contributed by atoms with Gasteiger partial charge in [-0.3, -0.25) is 0 Å². The van der Waals surface area contributed by atoms with Gasteiger partial charge in [-0.2, -0.15) is 0 Å². The minimum absolute atomic E-state index is 1.20. The molecule has 0 aliphatic rings. The summed E-state index contributed by atoms with van der Waals surface area (Å²) in [5.41, 5.74) is 0. The molecule has 0 heterocycles. The summed E-state index contributed by atoms with van der Waals surface area (Å²) in [7, 11) is 0. The number of unbranched alkanes of at least 4 members (excludes halogenated alkanes) is 4. The van der Waals surface area contributed by atoms with Gasteiger partial charge in [-0.15, -0.1) is 0 Å². The van der Waals surface area contributed by atoms with Gasteiger partial charge < -0.3 is 0 Å². The molecule has 0 saturated carbocycles. The second kappa shape index (κ2) is 16.0. The van der Waals surface area contributed by atoms with Crippen LogP contribution in [0.5, 0.6) is 0 Å². The van der Waals surface area contributed by atoms with Crippen molar-refractivity contribution >= 4 is 18.4 Å². The average molecular weight is 430 g/mol.